The highest BCUT2D eigenvalue weighted by Gasteiger charge is 2.39. The van der Waals surface area contributed by atoms with Gasteiger partial charge in [-0.15, -0.1) is 0 Å². The first kappa shape index (κ1) is 14.7. The first-order valence-corrected chi connectivity index (χ1v) is 5.94. The van der Waals surface area contributed by atoms with Crippen molar-refractivity contribution in [2.24, 2.45) is 0 Å². The molecule has 1 heterocycles. The predicted molar refractivity (Wildman–Crippen MR) is 65.3 cm³/mol. The third-order valence-corrected chi connectivity index (χ3v) is 2.83. The minimum atomic E-state index is -1.08. The van der Waals surface area contributed by atoms with Gasteiger partial charge in [-0.2, -0.15) is 0 Å². The van der Waals surface area contributed by atoms with Gasteiger partial charge >= 0.3 is 12.0 Å². The molecular weight excluding hydrogens is 238 g/mol. The first-order valence-electron chi connectivity index (χ1n) is 5.94. The van der Waals surface area contributed by atoms with Crippen molar-refractivity contribution < 1.29 is 19.8 Å². The highest BCUT2D eigenvalue weighted by atomic mass is 16.4. The number of aliphatic hydroxyl groups is 1. The van der Waals surface area contributed by atoms with Crippen LogP contribution < -0.4 is 5.32 Å². The summed E-state index contributed by atoms with van der Waals surface area (Å²) in [5.41, 5.74) is 0. The summed E-state index contributed by atoms with van der Waals surface area (Å²) in [5.74, 6) is -1.08. The average Bonchev–Trinajstić information content (AvgIpc) is 2.58. The Morgan fingerprint density at radius 3 is 2.61 bits per heavy atom. The number of nitrogens with zero attached hydrogens (tertiary/aromatic N) is 2. The number of rotatable bonds is 4. The number of β-amino-alcohol motifs (C(OH)–C–C–N with tert-alkyl or cyclic N) is 1. The molecule has 0 aliphatic carbocycles. The molecule has 1 rings (SSSR count). The lowest BCUT2D eigenvalue weighted by Gasteiger charge is -2.25. The number of carboxylic acids is 1. The number of aliphatic hydroxyl groups excluding tert-OH is 1. The summed E-state index contributed by atoms with van der Waals surface area (Å²) in [4.78, 5) is 26.0. The van der Waals surface area contributed by atoms with Gasteiger partial charge in [0, 0.05) is 25.6 Å². The van der Waals surface area contributed by atoms with Crippen LogP contribution in [0.3, 0.4) is 0 Å². The molecule has 18 heavy (non-hydrogen) atoms. The molecule has 1 fully saturated rings. The Balaban J connectivity index is 2.57. The molecule has 1 aliphatic heterocycles. The molecular formula is C11H21N3O4. The van der Waals surface area contributed by atoms with Crippen molar-refractivity contribution >= 4 is 12.0 Å². The van der Waals surface area contributed by atoms with Gasteiger partial charge in [0.1, 0.15) is 6.04 Å². The van der Waals surface area contributed by atoms with Crippen LogP contribution in [0.5, 0.6) is 0 Å². The van der Waals surface area contributed by atoms with E-state index in [2.05, 4.69) is 5.32 Å². The van der Waals surface area contributed by atoms with Crippen LogP contribution in [0.15, 0.2) is 0 Å². The second-order valence-electron chi connectivity index (χ2n) is 5.01. The second-order valence-corrected chi connectivity index (χ2v) is 5.01. The van der Waals surface area contributed by atoms with E-state index in [1.807, 2.05) is 25.9 Å². The summed E-state index contributed by atoms with van der Waals surface area (Å²) in [7, 11) is 3.78. The number of amides is 2. The summed E-state index contributed by atoms with van der Waals surface area (Å²) >= 11 is 0. The summed E-state index contributed by atoms with van der Waals surface area (Å²) in [5, 5.41) is 21.2. The smallest absolute Gasteiger partial charge is 0.326 e. The van der Waals surface area contributed by atoms with Gasteiger partial charge in [-0.3, -0.25) is 0 Å². The Kier molecular flexibility index (Phi) is 4.92. The van der Waals surface area contributed by atoms with Crippen LogP contribution in [0.2, 0.25) is 0 Å². The van der Waals surface area contributed by atoms with Gasteiger partial charge < -0.3 is 25.3 Å². The molecule has 104 valence electrons. The SMILES string of the molecule is CC(CN(C)C)NC(=O)N1C[C@H](O)C[C@@H]1C(=O)O. The number of carboxylic acid groups (broad SMARTS) is 1. The van der Waals surface area contributed by atoms with Gasteiger partial charge in [0.25, 0.3) is 0 Å². The fourth-order valence-corrected chi connectivity index (χ4v) is 2.16. The van der Waals surface area contributed by atoms with E-state index < -0.39 is 24.1 Å². The average molecular weight is 259 g/mol. The van der Waals surface area contributed by atoms with Gasteiger partial charge in [-0.1, -0.05) is 0 Å². The Morgan fingerprint density at radius 2 is 2.11 bits per heavy atom. The van der Waals surface area contributed by atoms with Crippen LogP contribution in [0.4, 0.5) is 4.79 Å². The van der Waals surface area contributed by atoms with Crippen LogP contribution in [0.1, 0.15) is 13.3 Å². The van der Waals surface area contributed by atoms with E-state index in [-0.39, 0.29) is 19.0 Å². The molecule has 0 aromatic carbocycles. The minimum Gasteiger partial charge on any atom is -0.480 e. The largest absolute Gasteiger partial charge is 0.480 e. The van der Waals surface area contributed by atoms with E-state index in [0.717, 1.165) is 0 Å². The first-order chi connectivity index (χ1) is 8.31. The van der Waals surface area contributed by atoms with Crippen LogP contribution in [-0.2, 0) is 4.79 Å². The van der Waals surface area contributed by atoms with Crippen molar-refractivity contribution in [1.82, 2.24) is 15.1 Å². The molecule has 0 spiro atoms. The van der Waals surface area contributed by atoms with Crippen molar-refractivity contribution in [3.63, 3.8) is 0 Å². The fraction of sp³-hybridized carbons (Fsp3) is 0.818. The van der Waals surface area contributed by atoms with Crippen LogP contribution in [0.25, 0.3) is 0 Å². The lowest BCUT2D eigenvalue weighted by Crippen LogP contribution is -2.50. The molecule has 0 bridgehead atoms. The molecule has 1 unspecified atom stereocenters. The Bertz CT molecular complexity index is 321. The molecule has 1 aliphatic rings. The van der Waals surface area contributed by atoms with Crippen LogP contribution in [0, 0.1) is 0 Å². The van der Waals surface area contributed by atoms with E-state index in [0.29, 0.717) is 6.54 Å². The summed E-state index contributed by atoms with van der Waals surface area (Å²) in [6.45, 7) is 2.58. The van der Waals surface area contributed by atoms with Crippen molar-refractivity contribution in [1.29, 1.82) is 0 Å². The summed E-state index contributed by atoms with van der Waals surface area (Å²) in [6, 6.07) is -1.46. The van der Waals surface area contributed by atoms with E-state index in [9.17, 15) is 14.7 Å². The zero-order valence-electron chi connectivity index (χ0n) is 11.0. The maximum Gasteiger partial charge on any atom is 0.326 e. The van der Waals surface area contributed by atoms with Crippen molar-refractivity contribution in [2.75, 3.05) is 27.2 Å². The van der Waals surface area contributed by atoms with Crippen molar-refractivity contribution in [2.45, 2.75) is 31.5 Å². The number of urea groups is 1. The quantitative estimate of drug-likeness (QED) is 0.612. The van der Waals surface area contributed by atoms with Crippen LogP contribution in [-0.4, -0.2) is 77.4 Å². The van der Waals surface area contributed by atoms with Gasteiger partial charge in [-0.05, 0) is 21.0 Å². The maximum atomic E-state index is 11.9. The summed E-state index contributed by atoms with van der Waals surface area (Å²) < 4.78 is 0. The molecule has 7 nitrogen and oxygen atoms in total. The standard InChI is InChI=1S/C11H21N3O4/c1-7(5-13(2)3)12-11(18)14-6-8(15)4-9(14)10(16)17/h7-9,15H,4-6H2,1-3H3,(H,12,18)(H,16,17)/t7?,8-,9-/m1/s1. The lowest BCUT2D eigenvalue weighted by atomic mass is 10.2. The second kappa shape index (κ2) is 6.01. The van der Waals surface area contributed by atoms with Gasteiger partial charge in [-0.25, -0.2) is 9.59 Å². The number of likely N-dealkylation sites (N-methyl/N-ethyl adjacent to an activating group) is 1. The number of nitrogens with one attached hydrogen (secondary N) is 1. The van der Waals surface area contributed by atoms with E-state index in [1.54, 1.807) is 0 Å². The summed E-state index contributed by atoms with van der Waals surface area (Å²) in [6.07, 6.45) is -0.675. The number of likely N-dealkylation sites (tertiary alicyclic amines) is 1. The van der Waals surface area contributed by atoms with Crippen molar-refractivity contribution in [3.8, 4) is 0 Å². The molecule has 0 aromatic heterocycles. The predicted octanol–water partition coefficient (Wildman–Crippen LogP) is -0.834. The third kappa shape index (κ3) is 3.85. The van der Waals surface area contributed by atoms with E-state index >= 15 is 0 Å². The molecule has 0 aromatic rings. The molecule has 3 atom stereocenters. The Hall–Kier alpha value is -1.34. The monoisotopic (exact) mass is 259 g/mol. The number of carbonyl (C=O) groups is 2. The van der Waals surface area contributed by atoms with Gasteiger partial charge in [0.05, 0.1) is 6.10 Å². The molecule has 1 saturated heterocycles. The van der Waals surface area contributed by atoms with Gasteiger partial charge in [0.2, 0.25) is 0 Å². The minimum absolute atomic E-state index is 0.0669. The molecule has 2 amide bonds. The zero-order valence-corrected chi connectivity index (χ0v) is 11.0. The molecule has 3 N–H and O–H groups in total. The molecule has 0 saturated carbocycles. The highest BCUT2D eigenvalue weighted by molar-refractivity contribution is 5.83. The number of carbonyl (C=O) groups excluding carboxylic acids is 1. The number of aliphatic carboxylic acids is 1. The topological polar surface area (TPSA) is 93.1 Å². The molecule has 7 heteroatoms. The normalized spacial score (nSPS) is 25.3. The van der Waals surface area contributed by atoms with Crippen molar-refractivity contribution in [3.05, 3.63) is 0 Å². The maximum absolute atomic E-state index is 11.9. The number of hydrogen-bond donors (Lipinski definition) is 3. The third-order valence-electron chi connectivity index (χ3n) is 2.83. The Labute approximate surface area is 106 Å². The van der Waals surface area contributed by atoms with E-state index in [1.165, 1.54) is 4.90 Å². The fourth-order valence-electron chi connectivity index (χ4n) is 2.16. The van der Waals surface area contributed by atoms with Crippen LogP contribution >= 0.6 is 0 Å². The number of hydrogen-bond acceptors (Lipinski definition) is 4. The Morgan fingerprint density at radius 1 is 1.50 bits per heavy atom. The van der Waals surface area contributed by atoms with Gasteiger partial charge in [0.15, 0.2) is 0 Å². The van der Waals surface area contributed by atoms with E-state index in [4.69, 9.17) is 5.11 Å². The highest BCUT2D eigenvalue weighted by Crippen LogP contribution is 2.18. The zero-order chi connectivity index (χ0) is 13.9. The molecule has 0 radical (unpaired) electrons. The lowest BCUT2D eigenvalue weighted by molar-refractivity contribution is -0.141.